The molecule has 3 aromatic rings. The zero-order valence-electron chi connectivity index (χ0n) is 12.4. The summed E-state index contributed by atoms with van der Waals surface area (Å²) in [6, 6.07) is 13.2. The van der Waals surface area contributed by atoms with Crippen LogP contribution in [0.15, 0.2) is 61.1 Å². The molecule has 4 N–H and O–H groups in total. The molecule has 0 amide bonds. The first-order chi connectivity index (χ1) is 11.2. The standard InChI is InChI=1S/C17H18N4O2/c18-10-15(22)17(23)14-11-21(13-4-2-1-3-5-13)20-16(14)12-6-8-19-9-7-12/h1-9,11,15,17,22-23H,10,18H2. The fraction of sp³-hybridized carbons (Fsp3) is 0.176. The summed E-state index contributed by atoms with van der Waals surface area (Å²) in [5.74, 6) is 0. The molecule has 0 fully saturated rings. The number of nitrogens with two attached hydrogens (primary N) is 1. The predicted octanol–water partition coefficient (Wildman–Crippen LogP) is 1.29. The molecule has 2 aromatic heterocycles. The zero-order chi connectivity index (χ0) is 16.2. The predicted molar refractivity (Wildman–Crippen MR) is 86.8 cm³/mol. The van der Waals surface area contributed by atoms with Gasteiger partial charge >= 0.3 is 0 Å². The molecule has 0 aliphatic heterocycles. The molecule has 3 rings (SSSR count). The first kappa shape index (κ1) is 15.4. The lowest BCUT2D eigenvalue weighted by Gasteiger charge is -2.15. The molecule has 0 bridgehead atoms. The summed E-state index contributed by atoms with van der Waals surface area (Å²) in [5, 5.41) is 24.9. The summed E-state index contributed by atoms with van der Waals surface area (Å²) in [7, 11) is 0. The van der Waals surface area contributed by atoms with Gasteiger partial charge in [0.1, 0.15) is 6.10 Å². The summed E-state index contributed by atoms with van der Waals surface area (Å²) < 4.78 is 1.68. The number of para-hydroxylation sites is 1. The van der Waals surface area contributed by atoms with Crippen molar-refractivity contribution in [2.24, 2.45) is 5.73 Å². The number of hydrogen-bond donors (Lipinski definition) is 3. The topological polar surface area (TPSA) is 97.2 Å². The van der Waals surface area contributed by atoms with Crippen molar-refractivity contribution < 1.29 is 10.2 Å². The minimum atomic E-state index is -1.11. The SMILES string of the molecule is NCC(O)C(O)c1cn(-c2ccccc2)nc1-c1ccncc1. The lowest BCUT2D eigenvalue weighted by atomic mass is 10.0. The van der Waals surface area contributed by atoms with E-state index in [2.05, 4.69) is 10.1 Å². The number of benzene rings is 1. The van der Waals surface area contributed by atoms with E-state index in [1.807, 2.05) is 42.5 Å². The molecule has 0 saturated carbocycles. The Morgan fingerprint density at radius 2 is 1.74 bits per heavy atom. The maximum absolute atomic E-state index is 10.4. The highest BCUT2D eigenvalue weighted by atomic mass is 16.3. The molecular formula is C17H18N4O2. The average Bonchev–Trinajstić information content (AvgIpc) is 3.07. The Hall–Kier alpha value is -2.54. The van der Waals surface area contributed by atoms with Crippen LogP contribution in [0.25, 0.3) is 16.9 Å². The molecule has 6 nitrogen and oxygen atoms in total. The zero-order valence-corrected chi connectivity index (χ0v) is 12.4. The lowest BCUT2D eigenvalue weighted by molar-refractivity contribution is 0.0246. The largest absolute Gasteiger partial charge is 0.389 e. The lowest BCUT2D eigenvalue weighted by Crippen LogP contribution is -2.27. The molecule has 6 heteroatoms. The summed E-state index contributed by atoms with van der Waals surface area (Å²) in [4.78, 5) is 4.00. The molecule has 2 heterocycles. The third-order valence-corrected chi connectivity index (χ3v) is 3.64. The Morgan fingerprint density at radius 3 is 2.39 bits per heavy atom. The van der Waals surface area contributed by atoms with Gasteiger partial charge in [0.05, 0.1) is 17.5 Å². The van der Waals surface area contributed by atoms with Crippen LogP contribution in [0.3, 0.4) is 0 Å². The molecule has 1 aromatic carbocycles. The van der Waals surface area contributed by atoms with E-state index in [1.165, 1.54) is 0 Å². The Bertz CT molecular complexity index is 759. The summed E-state index contributed by atoms with van der Waals surface area (Å²) >= 11 is 0. The average molecular weight is 310 g/mol. The molecule has 2 unspecified atom stereocenters. The highest BCUT2D eigenvalue weighted by Crippen LogP contribution is 2.29. The molecule has 2 atom stereocenters. The van der Waals surface area contributed by atoms with E-state index in [0.29, 0.717) is 11.3 Å². The molecule has 0 radical (unpaired) electrons. The van der Waals surface area contributed by atoms with Crippen LogP contribution >= 0.6 is 0 Å². The molecule has 0 saturated heterocycles. The van der Waals surface area contributed by atoms with E-state index in [0.717, 1.165) is 11.3 Å². The summed E-state index contributed by atoms with van der Waals surface area (Å²) in [6.45, 7) is -0.0343. The normalized spacial score (nSPS) is 13.7. The first-order valence-electron chi connectivity index (χ1n) is 7.32. The van der Waals surface area contributed by atoms with Gasteiger partial charge in [0.15, 0.2) is 0 Å². The maximum atomic E-state index is 10.4. The van der Waals surface area contributed by atoms with Gasteiger partial charge in [-0.25, -0.2) is 4.68 Å². The summed E-state index contributed by atoms with van der Waals surface area (Å²) in [6.07, 6.45) is 2.87. The van der Waals surface area contributed by atoms with E-state index in [1.54, 1.807) is 23.3 Å². The number of aliphatic hydroxyl groups is 2. The van der Waals surface area contributed by atoms with Gasteiger partial charge in [-0.1, -0.05) is 18.2 Å². The fourth-order valence-electron chi connectivity index (χ4n) is 2.39. The Kier molecular flexibility index (Phi) is 4.47. The van der Waals surface area contributed by atoms with Crippen LogP contribution in [0.2, 0.25) is 0 Å². The monoisotopic (exact) mass is 310 g/mol. The number of aromatic nitrogens is 3. The molecule has 0 aliphatic rings. The van der Waals surface area contributed by atoms with Crippen molar-refractivity contribution in [1.29, 1.82) is 0 Å². The Morgan fingerprint density at radius 1 is 1.04 bits per heavy atom. The second-order valence-electron chi connectivity index (χ2n) is 5.20. The first-order valence-corrected chi connectivity index (χ1v) is 7.32. The van der Waals surface area contributed by atoms with Gasteiger partial charge < -0.3 is 15.9 Å². The van der Waals surface area contributed by atoms with Gasteiger partial charge in [-0.15, -0.1) is 0 Å². The van der Waals surface area contributed by atoms with Crippen LogP contribution in [0.1, 0.15) is 11.7 Å². The molecular weight excluding hydrogens is 292 g/mol. The van der Waals surface area contributed by atoms with Crippen LogP contribution in [0, 0.1) is 0 Å². The minimum Gasteiger partial charge on any atom is -0.389 e. The quantitative estimate of drug-likeness (QED) is 0.660. The Labute approximate surface area is 133 Å². The van der Waals surface area contributed by atoms with Crippen LogP contribution in [0.5, 0.6) is 0 Å². The highest BCUT2D eigenvalue weighted by molar-refractivity contribution is 5.63. The molecule has 118 valence electrons. The molecule has 23 heavy (non-hydrogen) atoms. The van der Waals surface area contributed by atoms with E-state index < -0.39 is 12.2 Å². The van der Waals surface area contributed by atoms with Crippen LogP contribution < -0.4 is 5.73 Å². The van der Waals surface area contributed by atoms with Crippen LogP contribution in [-0.4, -0.2) is 37.6 Å². The molecule has 0 spiro atoms. The second kappa shape index (κ2) is 6.70. The number of rotatable bonds is 5. The van der Waals surface area contributed by atoms with Gasteiger partial charge in [-0.2, -0.15) is 5.10 Å². The van der Waals surface area contributed by atoms with E-state index in [-0.39, 0.29) is 6.54 Å². The number of nitrogens with zero attached hydrogens (tertiary/aromatic N) is 3. The van der Waals surface area contributed by atoms with Crippen molar-refractivity contribution in [2.75, 3.05) is 6.54 Å². The van der Waals surface area contributed by atoms with Crippen molar-refractivity contribution in [1.82, 2.24) is 14.8 Å². The van der Waals surface area contributed by atoms with Crippen molar-refractivity contribution in [3.8, 4) is 16.9 Å². The van der Waals surface area contributed by atoms with Crippen molar-refractivity contribution in [3.05, 3.63) is 66.6 Å². The third-order valence-electron chi connectivity index (χ3n) is 3.64. The van der Waals surface area contributed by atoms with Gasteiger partial charge in [-0.05, 0) is 24.3 Å². The van der Waals surface area contributed by atoms with E-state index in [4.69, 9.17) is 5.73 Å². The third kappa shape index (κ3) is 3.14. The van der Waals surface area contributed by atoms with Gasteiger partial charge in [0, 0.05) is 36.3 Å². The van der Waals surface area contributed by atoms with Crippen LogP contribution in [-0.2, 0) is 0 Å². The number of hydrogen-bond acceptors (Lipinski definition) is 5. The Balaban J connectivity index is 2.11. The van der Waals surface area contributed by atoms with Gasteiger partial charge in [0.25, 0.3) is 0 Å². The minimum absolute atomic E-state index is 0.0343. The van der Waals surface area contributed by atoms with Crippen molar-refractivity contribution in [2.45, 2.75) is 12.2 Å². The number of aliphatic hydroxyl groups excluding tert-OH is 2. The van der Waals surface area contributed by atoms with E-state index in [9.17, 15) is 10.2 Å². The fourth-order valence-corrected chi connectivity index (χ4v) is 2.39. The van der Waals surface area contributed by atoms with E-state index >= 15 is 0 Å². The molecule has 0 aliphatic carbocycles. The summed E-state index contributed by atoms with van der Waals surface area (Å²) in [5.41, 5.74) is 8.27. The van der Waals surface area contributed by atoms with Gasteiger partial charge in [-0.3, -0.25) is 4.98 Å². The second-order valence-corrected chi connectivity index (χ2v) is 5.20. The highest BCUT2D eigenvalue weighted by Gasteiger charge is 2.24. The van der Waals surface area contributed by atoms with Crippen molar-refractivity contribution in [3.63, 3.8) is 0 Å². The number of pyridine rings is 1. The smallest absolute Gasteiger partial charge is 0.110 e. The van der Waals surface area contributed by atoms with Crippen molar-refractivity contribution >= 4 is 0 Å². The van der Waals surface area contributed by atoms with Gasteiger partial charge in [0.2, 0.25) is 0 Å². The maximum Gasteiger partial charge on any atom is 0.110 e. The van der Waals surface area contributed by atoms with Crippen LogP contribution in [0.4, 0.5) is 0 Å².